The molecule has 0 aliphatic heterocycles. The molecule has 1 heterocycles. The second-order valence-electron chi connectivity index (χ2n) is 6.75. The molecule has 0 atom stereocenters. The quantitative estimate of drug-likeness (QED) is 0.472. The minimum atomic E-state index is -0.214. The Bertz CT molecular complexity index is 1280. The fourth-order valence-corrected chi connectivity index (χ4v) is 3.39. The fraction of sp³-hybridized carbons (Fsp3) is 0.154. The highest BCUT2D eigenvalue weighted by molar-refractivity contribution is 6.09. The monoisotopic (exact) mass is 410 g/mol. The Kier molecular flexibility index (Phi) is 6.29. The number of benzene rings is 3. The van der Waals surface area contributed by atoms with Crippen LogP contribution in [0.15, 0.2) is 72.9 Å². The van der Waals surface area contributed by atoms with Gasteiger partial charge in [-0.05, 0) is 35.9 Å². The average molecular weight is 410 g/mol. The summed E-state index contributed by atoms with van der Waals surface area (Å²) in [5.41, 5.74) is 1.33. The van der Waals surface area contributed by atoms with Gasteiger partial charge in [0.2, 0.25) is 0 Å². The van der Waals surface area contributed by atoms with E-state index in [1.54, 1.807) is 6.20 Å². The summed E-state index contributed by atoms with van der Waals surface area (Å²) >= 11 is 0. The molecule has 0 aliphatic rings. The van der Waals surface area contributed by atoms with Gasteiger partial charge in [0.1, 0.15) is 23.6 Å². The molecule has 5 nitrogen and oxygen atoms in total. The number of aromatic nitrogens is 1. The lowest BCUT2D eigenvalue weighted by atomic mass is 10.0. The summed E-state index contributed by atoms with van der Waals surface area (Å²) in [5, 5.41) is 5.71. The Hall–Kier alpha value is -4.04. The van der Waals surface area contributed by atoms with Gasteiger partial charge in [0.15, 0.2) is 0 Å². The molecule has 0 spiro atoms. The van der Waals surface area contributed by atoms with Gasteiger partial charge in [0.25, 0.3) is 5.91 Å². The van der Waals surface area contributed by atoms with Crippen LogP contribution in [0.25, 0.3) is 21.7 Å². The van der Waals surface area contributed by atoms with Crippen molar-refractivity contribution in [2.24, 2.45) is 0 Å². The molecule has 0 saturated heterocycles. The number of nitrogens with one attached hydrogen (secondary N) is 1. The molecule has 3 aromatic carbocycles. The largest absolute Gasteiger partial charge is 0.493 e. The van der Waals surface area contributed by atoms with Crippen molar-refractivity contribution in [1.29, 1.82) is 0 Å². The number of rotatable bonds is 6. The normalized spacial score (nSPS) is 10.4. The van der Waals surface area contributed by atoms with Crippen molar-refractivity contribution in [2.75, 3.05) is 19.8 Å². The van der Waals surface area contributed by atoms with Crippen LogP contribution in [0.2, 0.25) is 0 Å². The van der Waals surface area contributed by atoms with Gasteiger partial charge in [0, 0.05) is 11.6 Å². The van der Waals surface area contributed by atoms with Gasteiger partial charge in [-0.15, -0.1) is 0 Å². The second-order valence-corrected chi connectivity index (χ2v) is 6.75. The van der Waals surface area contributed by atoms with Crippen LogP contribution in [-0.2, 0) is 0 Å². The molecule has 4 rings (SSSR count). The van der Waals surface area contributed by atoms with Gasteiger partial charge >= 0.3 is 0 Å². The van der Waals surface area contributed by atoms with Gasteiger partial charge in [-0.25, -0.2) is 0 Å². The second kappa shape index (κ2) is 9.64. The molecule has 0 aliphatic carbocycles. The van der Waals surface area contributed by atoms with Crippen molar-refractivity contribution in [3.8, 4) is 23.3 Å². The Labute approximate surface area is 181 Å². The van der Waals surface area contributed by atoms with Crippen molar-refractivity contribution < 1.29 is 14.3 Å². The van der Waals surface area contributed by atoms with E-state index in [0.29, 0.717) is 23.7 Å². The third kappa shape index (κ3) is 4.59. The van der Waals surface area contributed by atoms with Crippen LogP contribution in [0.3, 0.4) is 0 Å². The minimum absolute atomic E-state index is 0.212. The molecule has 0 bridgehead atoms. The summed E-state index contributed by atoms with van der Waals surface area (Å²) in [6, 6.07) is 21.2. The van der Waals surface area contributed by atoms with Gasteiger partial charge in [-0.3, -0.25) is 9.78 Å². The zero-order chi connectivity index (χ0) is 21.5. The number of carbonyl (C=O) groups excluding carboxylic acids is 1. The lowest BCUT2D eigenvalue weighted by molar-refractivity contribution is 0.0956. The average Bonchev–Trinajstić information content (AvgIpc) is 2.81. The predicted molar refractivity (Wildman–Crippen MR) is 122 cm³/mol. The zero-order valence-corrected chi connectivity index (χ0v) is 17.2. The van der Waals surface area contributed by atoms with Crippen molar-refractivity contribution in [1.82, 2.24) is 10.3 Å². The van der Waals surface area contributed by atoms with E-state index in [1.165, 1.54) is 0 Å². The summed E-state index contributed by atoms with van der Waals surface area (Å²) in [5.74, 6) is 6.91. The maximum absolute atomic E-state index is 12.9. The number of hydrogen-bond donors (Lipinski definition) is 1. The van der Waals surface area contributed by atoms with Crippen molar-refractivity contribution in [3.63, 3.8) is 0 Å². The minimum Gasteiger partial charge on any atom is -0.493 e. The summed E-state index contributed by atoms with van der Waals surface area (Å²) < 4.78 is 11.4. The van der Waals surface area contributed by atoms with Crippen molar-refractivity contribution in [3.05, 3.63) is 78.5 Å². The molecule has 0 saturated carbocycles. The number of nitrogens with zero attached hydrogens (tertiary/aromatic N) is 1. The Balaban J connectivity index is 1.40. The van der Waals surface area contributed by atoms with Crippen LogP contribution in [0, 0.1) is 11.8 Å². The van der Waals surface area contributed by atoms with E-state index in [2.05, 4.69) is 22.1 Å². The first-order valence-corrected chi connectivity index (χ1v) is 10.1. The molecule has 31 heavy (non-hydrogen) atoms. The SMILES string of the molecule is CCOc1ccc2ccccc2c1C(=O)NCC#CCOc1cccc2cccnc12. The molecule has 0 unspecified atom stereocenters. The number of para-hydroxylation sites is 1. The van der Waals surface area contributed by atoms with Gasteiger partial charge in [-0.1, -0.05) is 60.4 Å². The lowest BCUT2D eigenvalue weighted by Gasteiger charge is -2.12. The highest BCUT2D eigenvalue weighted by atomic mass is 16.5. The highest BCUT2D eigenvalue weighted by Gasteiger charge is 2.15. The number of hydrogen-bond acceptors (Lipinski definition) is 4. The van der Waals surface area contributed by atoms with Gasteiger partial charge in [0.05, 0.1) is 18.7 Å². The number of carbonyl (C=O) groups is 1. The smallest absolute Gasteiger partial charge is 0.256 e. The Morgan fingerprint density at radius 2 is 1.74 bits per heavy atom. The molecule has 1 N–H and O–H groups in total. The predicted octanol–water partition coefficient (Wildman–Crippen LogP) is 4.60. The number of fused-ring (bicyclic) bond motifs is 2. The van der Waals surface area contributed by atoms with Crippen LogP contribution in [0.5, 0.6) is 11.5 Å². The van der Waals surface area contributed by atoms with Gasteiger partial charge < -0.3 is 14.8 Å². The summed E-state index contributed by atoms with van der Waals surface area (Å²) in [4.78, 5) is 17.2. The van der Waals surface area contributed by atoms with E-state index in [0.717, 1.165) is 21.7 Å². The van der Waals surface area contributed by atoms with Crippen LogP contribution in [-0.4, -0.2) is 30.6 Å². The molecule has 1 amide bonds. The summed E-state index contributed by atoms with van der Waals surface area (Å²) in [6.07, 6.45) is 1.74. The molecule has 0 fully saturated rings. The molecular weight excluding hydrogens is 388 g/mol. The molecule has 0 radical (unpaired) electrons. The molecule has 5 heteroatoms. The first kappa shape index (κ1) is 20.2. The zero-order valence-electron chi connectivity index (χ0n) is 17.2. The molecule has 1 aromatic heterocycles. The van der Waals surface area contributed by atoms with Crippen molar-refractivity contribution in [2.45, 2.75) is 6.92 Å². The first-order valence-electron chi connectivity index (χ1n) is 10.1. The van der Waals surface area contributed by atoms with E-state index < -0.39 is 0 Å². The van der Waals surface area contributed by atoms with Crippen LogP contribution in [0.1, 0.15) is 17.3 Å². The third-order valence-corrected chi connectivity index (χ3v) is 4.78. The highest BCUT2D eigenvalue weighted by Crippen LogP contribution is 2.28. The topological polar surface area (TPSA) is 60.5 Å². The summed E-state index contributed by atoms with van der Waals surface area (Å²) in [6.45, 7) is 2.81. The molecule has 154 valence electrons. The van der Waals surface area contributed by atoms with Gasteiger partial charge in [-0.2, -0.15) is 0 Å². The van der Waals surface area contributed by atoms with E-state index in [9.17, 15) is 4.79 Å². The van der Waals surface area contributed by atoms with Crippen molar-refractivity contribution >= 4 is 27.6 Å². The number of ether oxygens (including phenoxy) is 2. The first-order chi connectivity index (χ1) is 15.3. The van der Waals surface area contributed by atoms with Crippen LogP contribution >= 0.6 is 0 Å². The van der Waals surface area contributed by atoms with E-state index >= 15 is 0 Å². The van der Waals surface area contributed by atoms with E-state index in [-0.39, 0.29) is 19.1 Å². The molecular formula is C26H22N2O3. The number of amides is 1. The third-order valence-electron chi connectivity index (χ3n) is 4.78. The van der Waals surface area contributed by atoms with Crippen LogP contribution < -0.4 is 14.8 Å². The van der Waals surface area contributed by atoms with Crippen LogP contribution in [0.4, 0.5) is 0 Å². The fourth-order valence-electron chi connectivity index (χ4n) is 3.39. The summed E-state index contributed by atoms with van der Waals surface area (Å²) in [7, 11) is 0. The lowest BCUT2D eigenvalue weighted by Crippen LogP contribution is -2.24. The standard InChI is InChI=1S/C26H22N2O3/c1-2-30-22-15-14-19-9-3-4-12-21(19)24(22)26(29)28-16-5-6-18-31-23-13-7-10-20-11-8-17-27-25(20)23/h3-4,7-15,17H,2,16,18H2,1H3,(H,28,29). The van der Waals surface area contributed by atoms with E-state index in [4.69, 9.17) is 9.47 Å². The molecule has 4 aromatic rings. The Morgan fingerprint density at radius 3 is 2.65 bits per heavy atom. The maximum atomic E-state index is 12.9. The Morgan fingerprint density at radius 1 is 0.903 bits per heavy atom. The number of pyridine rings is 1. The maximum Gasteiger partial charge on any atom is 0.256 e. The van der Waals surface area contributed by atoms with E-state index in [1.807, 2.05) is 73.7 Å².